The number of primary sulfonamides is 1. The van der Waals surface area contributed by atoms with Gasteiger partial charge in [-0.2, -0.15) is 0 Å². The fourth-order valence-corrected chi connectivity index (χ4v) is 2.06. The number of carboxylic acids is 1. The topological polar surface area (TPSA) is 119 Å². The quantitative estimate of drug-likeness (QED) is 0.663. The van der Waals surface area contributed by atoms with Crippen molar-refractivity contribution >= 4 is 21.7 Å². The van der Waals surface area contributed by atoms with Gasteiger partial charge in [-0.25, -0.2) is 18.4 Å². The van der Waals surface area contributed by atoms with Crippen LogP contribution in [0.15, 0.2) is 29.2 Å². The molecule has 0 saturated heterocycles. The zero-order valence-corrected chi connectivity index (χ0v) is 10.5. The van der Waals surface area contributed by atoms with Crippen LogP contribution in [0.4, 0.5) is 5.69 Å². The molecule has 0 aliphatic heterocycles. The second-order valence-corrected chi connectivity index (χ2v) is 5.06. The zero-order chi connectivity index (χ0) is 13.8. The van der Waals surface area contributed by atoms with E-state index >= 15 is 0 Å². The van der Waals surface area contributed by atoms with Crippen molar-refractivity contribution in [1.82, 2.24) is 0 Å². The number of hydrogen-bond donors (Lipinski definition) is 3. The molecule has 0 aliphatic carbocycles. The first-order valence-corrected chi connectivity index (χ1v) is 6.51. The molecule has 0 aliphatic rings. The molecule has 1 unspecified atom stereocenters. The number of hydrogen-bond acceptors (Lipinski definition) is 5. The van der Waals surface area contributed by atoms with Crippen molar-refractivity contribution < 1.29 is 23.1 Å². The van der Waals surface area contributed by atoms with Crippen LogP contribution in [-0.4, -0.2) is 39.3 Å². The number of rotatable bonds is 6. The van der Waals surface area contributed by atoms with Gasteiger partial charge in [0.2, 0.25) is 10.0 Å². The highest BCUT2D eigenvalue weighted by atomic mass is 32.2. The van der Waals surface area contributed by atoms with Gasteiger partial charge in [-0.15, -0.1) is 0 Å². The summed E-state index contributed by atoms with van der Waals surface area (Å²) < 4.78 is 27.4. The predicted molar refractivity (Wildman–Crippen MR) is 64.7 cm³/mol. The first kappa shape index (κ1) is 14.4. The second kappa shape index (κ2) is 5.80. The average Bonchev–Trinajstić information content (AvgIpc) is 2.27. The Hall–Kier alpha value is -1.64. The van der Waals surface area contributed by atoms with E-state index in [1.807, 2.05) is 0 Å². The zero-order valence-electron chi connectivity index (χ0n) is 9.66. The molecule has 100 valence electrons. The Kier molecular flexibility index (Phi) is 4.65. The van der Waals surface area contributed by atoms with Crippen LogP contribution in [-0.2, 0) is 19.6 Å². The predicted octanol–water partition coefficient (Wildman–Crippen LogP) is -0.154. The maximum absolute atomic E-state index is 11.3. The molecule has 1 atom stereocenters. The standard InChI is InChI=1S/C10H14N2O5S/c1-17-6-8(10(13)14)12-7-4-2-3-5-9(7)18(11,15)16/h2-5,8,12H,6H2,1H3,(H,13,14)(H2,11,15,16). The lowest BCUT2D eigenvalue weighted by Gasteiger charge is -2.16. The fourth-order valence-electron chi connectivity index (χ4n) is 1.36. The summed E-state index contributed by atoms with van der Waals surface area (Å²) in [5.74, 6) is -1.15. The summed E-state index contributed by atoms with van der Waals surface area (Å²) in [6, 6.07) is 4.74. The maximum Gasteiger partial charge on any atom is 0.328 e. The molecule has 18 heavy (non-hydrogen) atoms. The molecule has 7 nitrogen and oxygen atoms in total. The van der Waals surface area contributed by atoms with Gasteiger partial charge in [0.1, 0.15) is 10.9 Å². The first-order valence-electron chi connectivity index (χ1n) is 4.96. The summed E-state index contributed by atoms with van der Waals surface area (Å²) in [5, 5.41) is 16.5. The number of carboxylic acid groups (broad SMARTS) is 1. The third-order valence-corrected chi connectivity index (χ3v) is 3.12. The van der Waals surface area contributed by atoms with Crippen LogP contribution in [0.3, 0.4) is 0 Å². The minimum Gasteiger partial charge on any atom is -0.480 e. The molecule has 1 aromatic rings. The first-order chi connectivity index (χ1) is 8.36. The summed E-state index contributed by atoms with van der Waals surface area (Å²) in [4.78, 5) is 10.8. The van der Waals surface area contributed by atoms with Gasteiger partial charge in [0, 0.05) is 7.11 Å². The molecule has 1 aromatic carbocycles. The molecule has 0 heterocycles. The summed E-state index contributed by atoms with van der Waals surface area (Å²) in [7, 11) is -2.57. The van der Waals surface area contributed by atoms with E-state index in [4.69, 9.17) is 15.0 Å². The van der Waals surface area contributed by atoms with Crippen LogP contribution in [0.5, 0.6) is 0 Å². The molecule has 0 bridgehead atoms. The number of nitrogens with two attached hydrogens (primary N) is 1. The Morgan fingerprint density at radius 2 is 2.11 bits per heavy atom. The van der Waals surface area contributed by atoms with Gasteiger partial charge in [0.25, 0.3) is 0 Å². The van der Waals surface area contributed by atoms with Crippen molar-refractivity contribution in [2.75, 3.05) is 19.0 Å². The third-order valence-electron chi connectivity index (χ3n) is 2.15. The summed E-state index contributed by atoms with van der Waals surface area (Å²) in [6.45, 7) is -0.103. The monoisotopic (exact) mass is 274 g/mol. The van der Waals surface area contributed by atoms with Crippen molar-refractivity contribution in [2.45, 2.75) is 10.9 Å². The van der Waals surface area contributed by atoms with Gasteiger partial charge in [0.15, 0.2) is 0 Å². The number of ether oxygens (including phenoxy) is 1. The lowest BCUT2D eigenvalue weighted by atomic mass is 10.2. The Labute approximate surface area is 105 Å². The summed E-state index contributed by atoms with van der Waals surface area (Å²) in [6.07, 6.45) is 0. The van der Waals surface area contributed by atoms with Crippen molar-refractivity contribution in [3.05, 3.63) is 24.3 Å². The van der Waals surface area contributed by atoms with E-state index in [1.165, 1.54) is 25.3 Å². The summed E-state index contributed by atoms with van der Waals surface area (Å²) >= 11 is 0. The summed E-state index contributed by atoms with van der Waals surface area (Å²) in [5.41, 5.74) is 0.129. The Balaban J connectivity index is 3.07. The van der Waals surface area contributed by atoms with Crippen LogP contribution in [0.2, 0.25) is 0 Å². The molecule has 4 N–H and O–H groups in total. The highest BCUT2D eigenvalue weighted by Gasteiger charge is 2.20. The van der Waals surface area contributed by atoms with Crippen LogP contribution in [0.25, 0.3) is 0 Å². The van der Waals surface area contributed by atoms with E-state index < -0.39 is 22.0 Å². The molecule has 0 fully saturated rings. The number of para-hydroxylation sites is 1. The van der Waals surface area contributed by atoms with Crippen LogP contribution >= 0.6 is 0 Å². The number of carbonyl (C=O) groups is 1. The van der Waals surface area contributed by atoms with Gasteiger partial charge in [-0.1, -0.05) is 12.1 Å². The number of anilines is 1. The number of benzene rings is 1. The number of aliphatic carboxylic acids is 1. The van der Waals surface area contributed by atoms with E-state index in [9.17, 15) is 13.2 Å². The largest absolute Gasteiger partial charge is 0.480 e. The molecular weight excluding hydrogens is 260 g/mol. The lowest BCUT2D eigenvalue weighted by molar-refractivity contribution is -0.139. The minimum absolute atomic E-state index is 0.103. The Bertz CT molecular complexity index is 529. The maximum atomic E-state index is 11.3. The van der Waals surface area contributed by atoms with Crippen molar-refractivity contribution in [3.63, 3.8) is 0 Å². The van der Waals surface area contributed by atoms with E-state index in [0.717, 1.165) is 0 Å². The van der Waals surface area contributed by atoms with E-state index in [2.05, 4.69) is 5.32 Å². The molecular formula is C10H14N2O5S. The van der Waals surface area contributed by atoms with Gasteiger partial charge in [-0.05, 0) is 12.1 Å². The van der Waals surface area contributed by atoms with Crippen molar-refractivity contribution in [1.29, 1.82) is 0 Å². The van der Waals surface area contributed by atoms with Gasteiger partial charge in [-0.3, -0.25) is 0 Å². The molecule has 0 amide bonds. The SMILES string of the molecule is COCC(Nc1ccccc1S(N)(=O)=O)C(=O)O. The molecule has 0 saturated carbocycles. The number of methoxy groups -OCH3 is 1. The third kappa shape index (κ3) is 3.69. The molecule has 8 heteroatoms. The van der Waals surface area contributed by atoms with Crippen LogP contribution in [0, 0.1) is 0 Å². The van der Waals surface area contributed by atoms with E-state index in [1.54, 1.807) is 6.07 Å². The minimum atomic E-state index is -3.92. The molecule has 0 spiro atoms. The van der Waals surface area contributed by atoms with E-state index in [0.29, 0.717) is 0 Å². The van der Waals surface area contributed by atoms with Crippen LogP contribution in [0.1, 0.15) is 0 Å². The van der Waals surface area contributed by atoms with Crippen molar-refractivity contribution in [2.24, 2.45) is 5.14 Å². The van der Waals surface area contributed by atoms with Gasteiger partial charge < -0.3 is 15.2 Å². The smallest absolute Gasteiger partial charge is 0.328 e. The molecule has 1 rings (SSSR count). The van der Waals surface area contributed by atoms with Crippen LogP contribution < -0.4 is 10.5 Å². The highest BCUT2D eigenvalue weighted by Crippen LogP contribution is 2.20. The Morgan fingerprint density at radius 1 is 1.50 bits per heavy atom. The number of sulfonamides is 1. The average molecular weight is 274 g/mol. The fraction of sp³-hybridized carbons (Fsp3) is 0.300. The van der Waals surface area contributed by atoms with Gasteiger partial charge >= 0.3 is 5.97 Å². The van der Waals surface area contributed by atoms with E-state index in [-0.39, 0.29) is 17.2 Å². The van der Waals surface area contributed by atoms with Gasteiger partial charge in [0.05, 0.1) is 12.3 Å². The Morgan fingerprint density at radius 3 is 2.61 bits per heavy atom. The van der Waals surface area contributed by atoms with Crippen molar-refractivity contribution in [3.8, 4) is 0 Å². The lowest BCUT2D eigenvalue weighted by Crippen LogP contribution is -2.34. The molecule has 0 radical (unpaired) electrons. The number of nitrogens with one attached hydrogen (secondary N) is 1. The highest BCUT2D eigenvalue weighted by molar-refractivity contribution is 7.89. The normalized spacial score (nSPS) is 13.0. The second-order valence-electron chi connectivity index (χ2n) is 3.53. The molecule has 0 aromatic heterocycles.